The molecular formula is C15H19ClN2O2. The lowest BCUT2D eigenvalue weighted by atomic mass is 9.98. The maximum atomic E-state index is 12.7. The third kappa shape index (κ3) is 2.40. The lowest BCUT2D eigenvalue weighted by molar-refractivity contribution is 0.0872. The molecule has 0 aliphatic carbocycles. The molecule has 1 fully saturated rings. The van der Waals surface area contributed by atoms with Crippen molar-refractivity contribution in [2.75, 3.05) is 13.1 Å². The van der Waals surface area contributed by atoms with Crippen LogP contribution in [0.15, 0.2) is 24.3 Å². The fourth-order valence-corrected chi connectivity index (χ4v) is 2.92. The number of carbonyl (C=O) groups is 2. The van der Waals surface area contributed by atoms with Gasteiger partial charge in [0.1, 0.15) is 6.04 Å². The lowest BCUT2D eigenvalue weighted by Crippen LogP contribution is -2.42. The van der Waals surface area contributed by atoms with Gasteiger partial charge in [0, 0.05) is 23.7 Å². The van der Waals surface area contributed by atoms with Crippen molar-refractivity contribution in [3.8, 4) is 0 Å². The fraction of sp³-hybridized carbons (Fsp3) is 0.467. The minimum Gasteiger partial charge on any atom is -0.320 e. The van der Waals surface area contributed by atoms with E-state index in [2.05, 4.69) is 0 Å². The Hall–Kier alpha value is -1.55. The van der Waals surface area contributed by atoms with Crippen molar-refractivity contribution in [3.05, 3.63) is 34.9 Å². The van der Waals surface area contributed by atoms with Crippen LogP contribution >= 0.6 is 11.6 Å². The van der Waals surface area contributed by atoms with Gasteiger partial charge in [-0.25, -0.2) is 4.79 Å². The highest BCUT2D eigenvalue weighted by Crippen LogP contribution is 2.25. The zero-order chi connectivity index (χ0) is 14.9. The van der Waals surface area contributed by atoms with Crippen LogP contribution in [-0.2, 0) is 0 Å². The number of benzene rings is 1. The molecule has 1 aromatic carbocycles. The van der Waals surface area contributed by atoms with Gasteiger partial charge in [0.2, 0.25) is 0 Å². The minimum atomic E-state index is -0.423. The molecule has 5 heteroatoms. The number of Topliss-reactive ketones (excluding diaryl/α,β-unsaturated/α-hetero) is 1. The van der Waals surface area contributed by atoms with Crippen molar-refractivity contribution in [2.24, 2.45) is 0 Å². The molecule has 0 spiro atoms. The average molecular weight is 295 g/mol. The number of carbonyl (C=O) groups excluding carboxylic acids is 2. The number of halogens is 1. The van der Waals surface area contributed by atoms with Crippen molar-refractivity contribution in [1.82, 2.24) is 9.80 Å². The molecule has 1 aromatic rings. The maximum absolute atomic E-state index is 12.7. The topological polar surface area (TPSA) is 40.6 Å². The normalized spacial score (nSPS) is 22.5. The summed E-state index contributed by atoms with van der Waals surface area (Å²) in [7, 11) is 0. The Morgan fingerprint density at radius 3 is 2.20 bits per heavy atom. The van der Waals surface area contributed by atoms with Crippen molar-refractivity contribution in [2.45, 2.75) is 32.9 Å². The van der Waals surface area contributed by atoms with Gasteiger partial charge in [-0.15, -0.1) is 0 Å². The molecule has 0 bridgehead atoms. The number of amides is 2. The Bertz CT molecular complexity index is 515. The zero-order valence-corrected chi connectivity index (χ0v) is 12.7. The molecule has 0 radical (unpaired) electrons. The van der Waals surface area contributed by atoms with E-state index in [0.29, 0.717) is 23.7 Å². The number of rotatable bonds is 4. The third-order valence-corrected chi connectivity index (χ3v) is 4.11. The highest BCUT2D eigenvalue weighted by Gasteiger charge is 2.45. The molecule has 1 saturated heterocycles. The summed E-state index contributed by atoms with van der Waals surface area (Å²) in [6.45, 7) is 6.89. The van der Waals surface area contributed by atoms with Gasteiger partial charge in [0.05, 0.1) is 6.04 Å². The molecule has 20 heavy (non-hydrogen) atoms. The van der Waals surface area contributed by atoms with Gasteiger partial charge in [-0.05, 0) is 45.0 Å². The highest BCUT2D eigenvalue weighted by atomic mass is 35.5. The van der Waals surface area contributed by atoms with E-state index in [-0.39, 0.29) is 17.9 Å². The molecule has 1 heterocycles. The number of ketones is 1. The van der Waals surface area contributed by atoms with E-state index in [4.69, 9.17) is 11.6 Å². The van der Waals surface area contributed by atoms with E-state index < -0.39 is 6.04 Å². The van der Waals surface area contributed by atoms with E-state index in [1.165, 1.54) is 0 Å². The highest BCUT2D eigenvalue weighted by molar-refractivity contribution is 6.30. The van der Waals surface area contributed by atoms with E-state index in [1.54, 1.807) is 34.1 Å². The van der Waals surface area contributed by atoms with Crippen molar-refractivity contribution in [3.63, 3.8) is 0 Å². The van der Waals surface area contributed by atoms with Crippen molar-refractivity contribution < 1.29 is 9.59 Å². The van der Waals surface area contributed by atoms with Gasteiger partial charge >= 0.3 is 6.03 Å². The Balaban J connectivity index is 2.32. The van der Waals surface area contributed by atoms with Crippen LogP contribution in [-0.4, -0.2) is 46.8 Å². The first-order chi connectivity index (χ1) is 9.51. The van der Waals surface area contributed by atoms with Crippen LogP contribution in [0.5, 0.6) is 0 Å². The second-order valence-electron chi connectivity index (χ2n) is 4.91. The first kappa shape index (κ1) is 14.9. The van der Waals surface area contributed by atoms with Crippen LogP contribution in [0.2, 0.25) is 5.02 Å². The summed E-state index contributed by atoms with van der Waals surface area (Å²) in [6.07, 6.45) is 0. The Morgan fingerprint density at radius 2 is 1.70 bits per heavy atom. The molecule has 2 atom stereocenters. The SMILES string of the molecule is CCN1C(=O)N(CC)C(C(=O)c2ccc(Cl)cc2)C1C. The first-order valence-electron chi connectivity index (χ1n) is 6.88. The first-order valence-corrected chi connectivity index (χ1v) is 7.26. The second-order valence-corrected chi connectivity index (χ2v) is 5.35. The summed E-state index contributed by atoms with van der Waals surface area (Å²) in [5.74, 6) is -0.0275. The van der Waals surface area contributed by atoms with Gasteiger partial charge in [0.15, 0.2) is 5.78 Å². The predicted octanol–water partition coefficient (Wildman–Crippen LogP) is 3.06. The maximum Gasteiger partial charge on any atom is 0.321 e. The smallest absolute Gasteiger partial charge is 0.320 e. The largest absolute Gasteiger partial charge is 0.321 e. The Morgan fingerprint density at radius 1 is 1.15 bits per heavy atom. The van der Waals surface area contributed by atoms with Gasteiger partial charge < -0.3 is 9.80 Å². The zero-order valence-electron chi connectivity index (χ0n) is 12.0. The monoisotopic (exact) mass is 294 g/mol. The molecular weight excluding hydrogens is 276 g/mol. The lowest BCUT2D eigenvalue weighted by Gasteiger charge is -2.23. The molecule has 2 amide bonds. The molecule has 1 aliphatic rings. The predicted molar refractivity (Wildman–Crippen MR) is 79.2 cm³/mol. The van der Waals surface area contributed by atoms with Crippen LogP contribution in [0.4, 0.5) is 4.79 Å². The Labute approximate surface area is 124 Å². The summed E-state index contributed by atoms with van der Waals surface area (Å²) in [6, 6.07) is 6.22. The standard InChI is InChI=1S/C15H19ClN2O2/c1-4-17-10(3)13(18(5-2)15(17)20)14(19)11-6-8-12(16)9-7-11/h6-10,13H,4-5H2,1-3H3. The summed E-state index contributed by atoms with van der Waals surface area (Å²) < 4.78 is 0. The number of likely N-dealkylation sites (N-methyl/N-ethyl adjacent to an activating group) is 2. The summed E-state index contributed by atoms with van der Waals surface area (Å²) >= 11 is 5.85. The molecule has 1 aliphatic heterocycles. The molecule has 0 saturated carbocycles. The summed E-state index contributed by atoms with van der Waals surface area (Å²) in [5, 5.41) is 0.597. The Kier molecular flexibility index (Phi) is 4.33. The van der Waals surface area contributed by atoms with Crippen LogP contribution in [0.25, 0.3) is 0 Å². The van der Waals surface area contributed by atoms with E-state index >= 15 is 0 Å². The van der Waals surface area contributed by atoms with Crippen LogP contribution < -0.4 is 0 Å². The number of nitrogens with zero attached hydrogens (tertiary/aromatic N) is 2. The number of hydrogen-bond acceptors (Lipinski definition) is 2. The van der Waals surface area contributed by atoms with E-state index in [0.717, 1.165) is 0 Å². The van der Waals surface area contributed by atoms with Crippen molar-refractivity contribution in [1.29, 1.82) is 0 Å². The minimum absolute atomic E-state index is 0.0275. The van der Waals surface area contributed by atoms with E-state index in [1.807, 2.05) is 20.8 Å². The number of hydrogen-bond donors (Lipinski definition) is 0. The third-order valence-electron chi connectivity index (χ3n) is 3.85. The molecule has 0 N–H and O–H groups in total. The van der Waals surface area contributed by atoms with E-state index in [9.17, 15) is 9.59 Å². The van der Waals surface area contributed by atoms with Gasteiger partial charge in [-0.1, -0.05) is 11.6 Å². The molecule has 2 rings (SSSR count). The van der Waals surface area contributed by atoms with Crippen molar-refractivity contribution >= 4 is 23.4 Å². The van der Waals surface area contributed by atoms with Gasteiger partial charge in [0.25, 0.3) is 0 Å². The van der Waals surface area contributed by atoms with Gasteiger partial charge in [-0.3, -0.25) is 4.79 Å². The fourth-order valence-electron chi connectivity index (χ4n) is 2.79. The quantitative estimate of drug-likeness (QED) is 0.801. The van der Waals surface area contributed by atoms with Gasteiger partial charge in [-0.2, -0.15) is 0 Å². The second kappa shape index (κ2) is 5.83. The van der Waals surface area contributed by atoms with Crippen LogP contribution in [0.3, 0.4) is 0 Å². The van der Waals surface area contributed by atoms with Crippen LogP contribution in [0, 0.1) is 0 Å². The average Bonchev–Trinajstić information content (AvgIpc) is 2.69. The molecule has 2 unspecified atom stereocenters. The van der Waals surface area contributed by atoms with Crippen LogP contribution in [0.1, 0.15) is 31.1 Å². The summed E-state index contributed by atoms with van der Waals surface area (Å²) in [4.78, 5) is 28.3. The number of urea groups is 1. The summed E-state index contributed by atoms with van der Waals surface area (Å²) in [5.41, 5.74) is 0.593. The molecule has 108 valence electrons. The molecule has 4 nitrogen and oxygen atoms in total. The molecule has 0 aromatic heterocycles.